The molecule has 0 radical (unpaired) electrons. The van der Waals surface area contributed by atoms with Gasteiger partial charge in [-0.05, 0) is 24.1 Å². The zero-order chi connectivity index (χ0) is 13.9. The van der Waals surface area contributed by atoms with Crippen LogP contribution in [0.2, 0.25) is 5.02 Å². The third-order valence-electron chi connectivity index (χ3n) is 2.65. The monoisotopic (exact) mass is 332 g/mol. The van der Waals surface area contributed by atoms with Gasteiger partial charge < -0.3 is 4.74 Å². The first kappa shape index (κ1) is 15.5. The Hall–Kier alpha value is -0.540. The number of ether oxygens (including phenoxy) is 1. The van der Waals surface area contributed by atoms with Crippen LogP contribution < -0.4 is 4.74 Å². The third-order valence-corrected chi connectivity index (χ3v) is 3.69. The smallest absolute Gasteiger partial charge is 0.152 e. The standard InChI is InChI=1S/C14H18BrClO2/c1-14(2,3)13(17)10(15)7-9-5-6-12(18-4)11(16)8-9/h5-6,8,10H,7H2,1-4H3. The molecule has 18 heavy (non-hydrogen) atoms. The van der Waals surface area contributed by atoms with Gasteiger partial charge in [0.25, 0.3) is 0 Å². The highest BCUT2D eigenvalue weighted by Gasteiger charge is 2.27. The van der Waals surface area contributed by atoms with Crippen molar-refractivity contribution in [1.82, 2.24) is 0 Å². The van der Waals surface area contributed by atoms with E-state index < -0.39 is 0 Å². The van der Waals surface area contributed by atoms with Crippen LogP contribution in [0.25, 0.3) is 0 Å². The van der Waals surface area contributed by atoms with Crippen LogP contribution >= 0.6 is 27.5 Å². The number of carbonyl (C=O) groups excluding carboxylic acids is 1. The Morgan fingerprint density at radius 1 is 1.44 bits per heavy atom. The molecule has 1 aromatic rings. The van der Waals surface area contributed by atoms with Crippen LogP contribution in [0, 0.1) is 5.41 Å². The molecule has 1 aromatic carbocycles. The first-order chi connectivity index (χ1) is 8.25. The minimum Gasteiger partial charge on any atom is -0.495 e. The van der Waals surface area contributed by atoms with Gasteiger partial charge in [-0.2, -0.15) is 0 Å². The van der Waals surface area contributed by atoms with Crippen LogP contribution in [0.15, 0.2) is 18.2 Å². The van der Waals surface area contributed by atoms with Gasteiger partial charge in [0.2, 0.25) is 0 Å². The summed E-state index contributed by atoms with van der Waals surface area (Å²) in [5.41, 5.74) is 0.671. The molecule has 4 heteroatoms. The van der Waals surface area contributed by atoms with Crippen molar-refractivity contribution in [1.29, 1.82) is 0 Å². The van der Waals surface area contributed by atoms with E-state index in [1.165, 1.54) is 0 Å². The number of rotatable bonds is 4. The summed E-state index contributed by atoms with van der Waals surface area (Å²) in [6.07, 6.45) is 0.625. The predicted octanol–water partition coefficient (Wildman–Crippen LogP) is 4.27. The van der Waals surface area contributed by atoms with E-state index >= 15 is 0 Å². The van der Waals surface area contributed by atoms with Gasteiger partial charge in [-0.25, -0.2) is 0 Å². The largest absolute Gasteiger partial charge is 0.495 e. The normalized spacial score (nSPS) is 13.2. The number of carbonyl (C=O) groups is 1. The molecule has 0 aliphatic heterocycles. The molecule has 0 amide bonds. The molecule has 0 bridgehead atoms. The third kappa shape index (κ3) is 3.99. The maximum Gasteiger partial charge on any atom is 0.152 e. The minimum atomic E-state index is -0.343. The lowest BCUT2D eigenvalue weighted by atomic mass is 9.87. The van der Waals surface area contributed by atoms with Crippen molar-refractivity contribution in [2.75, 3.05) is 7.11 Å². The molecule has 0 N–H and O–H groups in total. The summed E-state index contributed by atoms with van der Waals surface area (Å²) in [6.45, 7) is 5.76. The second kappa shape index (κ2) is 6.07. The molecule has 100 valence electrons. The van der Waals surface area contributed by atoms with E-state index in [1.54, 1.807) is 7.11 Å². The lowest BCUT2D eigenvalue weighted by Crippen LogP contribution is -2.30. The molecule has 1 rings (SSSR count). The van der Waals surface area contributed by atoms with E-state index in [1.807, 2.05) is 39.0 Å². The van der Waals surface area contributed by atoms with Crippen LogP contribution in [0.1, 0.15) is 26.3 Å². The van der Waals surface area contributed by atoms with Gasteiger partial charge in [0.15, 0.2) is 5.78 Å². The Labute approximate surface area is 122 Å². The van der Waals surface area contributed by atoms with Gasteiger partial charge in [0, 0.05) is 5.41 Å². The Bertz CT molecular complexity index is 438. The average Bonchev–Trinajstić information content (AvgIpc) is 2.27. The van der Waals surface area contributed by atoms with Crippen LogP contribution in [-0.4, -0.2) is 17.7 Å². The van der Waals surface area contributed by atoms with Crippen molar-refractivity contribution in [2.45, 2.75) is 32.0 Å². The lowest BCUT2D eigenvalue weighted by molar-refractivity contribution is -0.125. The van der Waals surface area contributed by atoms with Gasteiger partial charge in [0.05, 0.1) is 17.0 Å². The van der Waals surface area contributed by atoms with Gasteiger partial charge >= 0.3 is 0 Å². The maximum atomic E-state index is 12.1. The summed E-state index contributed by atoms with van der Waals surface area (Å²) in [7, 11) is 1.58. The zero-order valence-electron chi connectivity index (χ0n) is 11.1. The predicted molar refractivity (Wildman–Crippen MR) is 78.9 cm³/mol. The van der Waals surface area contributed by atoms with E-state index in [9.17, 15) is 4.79 Å². The van der Waals surface area contributed by atoms with Crippen LogP contribution in [0.3, 0.4) is 0 Å². The maximum absolute atomic E-state index is 12.1. The summed E-state index contributed by atoms with van der Waals surface area (Å²) in [5.74, 6) is 0.836. The fourth-order valence-corrected chi connectivity index (χ4v) is 2.95. The van der Waals surface area contributed by atoms with Crippen molar-refractivity contribution in [3.05, 3.63) is 28.8 Å². The number of methoxy groups -OCH3 is 1. The summed E-state index contributed by atoms with van der Waals surface area (Å²) in [6, 6.07) is 5.58. The Morgan fingerprint density at radius 3 is 2.50 bits per heavy atom. The average molecular weight is 334 g/mol. The first-order valence-electron chi connectivity index (χ1n) is 5.76. The molecule has 1 atom stereocenters. The molecule has 0 spiro atoms. The van der Waals surface area contributed by atoms with Gasteiger partial charge in [0.1, 0.15) is 5.75 Å². The number of halogens is 2. The second-order valence-electron chi connectivity index (χ2n) is 5.25. The summed E-state index contributed by atoms with van der Waals surface area (Å²) in [5, 5.41) is 0.568. The van der Waals surface area contributed by atoms with Gasteiger partial charge in [-0.3, -0.25) is 4.79 Å². The van der Waals surface area contributed by atoms with E-state index in [2.05, 4.69) is 15.9 Å². The highest BCUT2D eigenvalue weighted by Crippen LogP contribution is 2.28. The minimum absolute atomic E-state index is 0.189. The van der Waals surface area contributed by atoms with Crippen molar-refractivity contribution >= 4 is 33.3 Å². The SMILES string of the molecule is COc1ccc(CC(Br)C(=O)C(C)(C)C)cc1Cl. The molecule has 0 saturated carbocycles. The Kier molecular flexibility index (Phi) is 5.23. The number of benzene rings is 1. The fraction of sp³-hybridized carbons (Fsp3) is 0.500. The quantitative estimate of drug-likeness (QED) is 0.769. The number of Topliss-reactive ketones (excluding diaryl/α,β-unsaturated/α-hetero) is 1. The highest BCUT2D eigenvalue weighted by atomic mass is 79.9. The van der Waals surface area contributed by atoms with E-state index in [0.29, 0.717) is 17.2 Å². The molecule has 0 fully saturated rings. The van der Waals surface area contributed by atoms with E-state index in [-0.39, 0.29) is 16.0 Å². The lowest BCUT2D eigenvalue weighted by Gasteiger charge is -2.20. The van der Waals surface area contributed by atoms with Crippen molar-refractivity contribution in [2.24, 2.45) is 5.41 Å². The molecular weight excluding hydrogens is 316 g/mol. The number of alkyl halides is 1. The van der Waals surface area contributed by atoms with Gasteiger partial charge in [-0.15, -0.1) is 0 Å². The number of ketones is 1. The summed E-state index contributed by atoms with van der Waals surface area (Å²) >= 11 is 9.51. The first-order valence-corrected chi connectivity index (χ1v) is 7.06. The van der Waals surface area contributed by atoms with Crippen LogP contribution in [-0.2, 0) is 11.2 Å². The van der Waals surface area contributed by atoms with Crippen LogP contribution in [0.4, 0.5) is 0 Å². The van der Waals surface area contributed by atoms with E-state index in [0.717, 1.165) is 5.56 Å². The number of hydrogen-bond donors (Lipinski definition) is 0. The molecule has 0 saturated heterocycles. The molecule has 0 aliphatic carbocycles. The van der Waals surface area contributed by atoms with Crippen LogP contribution in [0.5, 0.6) is 5.75 Å². The fourth-order valence-electron chi connectivity index (χ4n) is 1.61. The summed E-state index contributed by atoms with van der Waals surface area (Å²) in [4.78, 5) is 11.9. The topological polar surface area (TPSA) is 26.3 Å². The highest BCUT2D eigenvalue weighted by molar-refractivity contribution is 9.10. The van der Waals surface area contributed by atoms with Crippen molar-refractivity contribution < 1.29 is 9.53 Å². The second-order valence-corrected chi connectivity index (χ2v) is 6.77. The molecule has 2 nitrogen and oxygen atoms in total. The summed E-state index contributed by atoms with van der Waals surface area (Å²) < 4.78 is 5.10. The Morgan fingerprint density at radius 2 is 2.06 bits per heavy atom. The molecule has 0 aliphatic rings. The zero-order valence-corrected chi connectivity index (χ0v) is 13.4. The van der Waals surface area contributed by atoms with E-state index in [4.69, 9.17) is 16.3 Å². The Balaban J connectivity index is 2.80. The number of hydrogen-bond acceptors (Lipinski definition) is 2. The van der Waals surface area contributed by atoms with Gasteiger partial charge in [-0.1, -0.05) is 54.4 Å². The van der Waals surface area contributed by atoms with Crippen molar-refractivity contribution in [3.63, 3.8) is 0 Å². The molecule has 0 heterocycles. The molecule has 1 unspecified atom stereocenters. The molecular formula is C14H18BrClO2. The molecule has 0 aromatic heterocycles. The van der Waals surface area contributed by atoms with Crippen molar-refractivity contribution in [3.8, 4) is 5.75 Å².